The van der Waals surface area contributed by atoms with Crippen LogP contribution in [0.2, 0.25) is 0 Å². The van der Waals surface area contributed by atoms with Crippen molar-refractivity contribution in [3.05, 3.63) is 71.8 Å². The standard InChI is InChI=1S/C19H20O/c1-13-17(15-9-5-3-6-10-15)18(14(2)19(13)20)16-11-7-4-8-12-16/h3-14,17-18H,1-2H3/t13-,14-,17+,18+/m0/s1. The highest BCUT2D eigenvalue weighted by molar-refractivity contribution is 5.88. The summed E-state index contributed by atoms with van der Waals surface area (Å²) in [5.74, 6) is 1.17. The van der Waals surface area contributed by atoms with Crippen molar-refractivity contribution in [2.45, 2.75) is 25.7 Å². The van der Waals surface area contributed by atoms with Gasteiger partial charge in [-0.2, -0.15) is 0 Å². The van der Waals surface area contributed by atoms with Crippen molar-refractivity contribution < 1.29 is 4.79 Å². The monoisotopic (exact) mass is 264 g/mol. The highest BCUT2D eigenvalue weighted by Gasteiger charge is 2.46. The van der Waals surface area contributed by atoms with Gasteiger partial charge in [-0.3, -0.25) is 4.79 Å². The van der Waals surface area contributed by atoms with E-state index in [4.69, 9.17) is 0 Å². The maximum absolute atomic E-state index is 12.5. The number of Topliss-reactive ketones (excluding diaryl/α,β-unsaturated/α-hetero) is 1. The minimum Gasteiger partial charge on any atom is -0.299 e. The average Bonchev–Trinajstić information content (AvgIpc) is 2.73. The lowest BCUT2D eigenvalue weighted by atomic mass is 9.78. The molecule has 1 heteroatoms. The lowest BCUT2D eigenvalue weighted by molar-refractivity contribution is -0.123. The van der Waals surface area contributed by atoms with Crippen LogP contribution in [0.3, 0.4) is 0 Å². The maximum Gasteiger partial charge on any atom is 0.139 e. The van der Waals surface area contributed by atoms with Gasteiger partial charge in [-0.05, 0) is 11.1 Å². The van der Waals surface area contributed by atoms with Crippen LogP contribution in [0.4, 0.5) is 0 Å². The number of carbonyl (C=O) groups is 1. The molecule has 0 spiro atoms. The molecule has 4 atom stereocenters. The predicted molar refractivity (Wildman–Crippen MR) is 81.7 cm³/mol. The fraction of sp³-hybridized carbons (Fsp3) is 0.316. The molecule has 0 aromatic heterocycles. The van der Waals surface area contributed by atoms with Crippen molar-refractivity contribution in [3.8, 4) is 0 Å². The van der Waals surface area contributed by atoms with E-state index in [0.717, 1.165) is 0 Å². The molecule has 20 heavy (non-hydrogen) atoms. The summed E-state index contributed by atoms with van der Waals surface area (Å²) in [6.07, 6.45) is 0. The summed E-state index contributed by atoms with van der Waals surface area (Å²) in [7, 11) is 0. The Hall–Kier alpha value is -1.89. The summed E-state index contributed by atoms with van der Waals surface area (Å²) in [4.78, 5) is 12.5. The van der Waals surface area contributed by atoms with Crippen LogP contribution in [0.25, 0.3) is 0 Å². The van der Waals surface area contributed by atoms with Gasteiger partial charge in [0.15, 0.2) is 0 Å². The normalized spacial score (nSPS) is 29.6. The Labute approximate surface area is 120 Å². The Kier molecular flexibility index (Phi) is 3.43. The summed E-state index contributed by atoms with van der Waals surface area (Å²) < 4.78 is 0. The fourth-order valence-electron chi connectivity index (χ4n) is 3.73. The van der Waals surface area contributed by atoms with Crippen molar-refractivity contribution in [3.63, 3.8) is 0 Å². The third-order valence-corrected chi connectivity index (χ3v) is 4.73. The third-order valence-electron chi connectivity index (χ3n) is 4.73. The first kappa shape index (κ1) is 13.1. The second-order valence-electron chi connectivity index (χ2n) is 5.85. The molecule has 0 unspecified atom stereocenters. The van der Waals surface area contributed by atoms with Crippen LogP contribution in [0.15, 0.2) is 60.7 Å². The first-order chi connectivity index (χ1) is 9.70. The summed E-state index contributed by atoms with van der Waals surface area (Å²) in [6.45, 7) is 4.17. The van der Waals surface area contributed by atoms with Gasteiger partial charge in [-0.1, -0.05) is 74.5 Å². The molecular formula is C19H20O. The molecule has 1 saturated carbocycles. The molecule has 0 amide bonds. The Bertz CT molecular complexity index is 534. The van der Waals surface area contributed by atoms with E-state index in [1.807, 2.05) is 12.1 Å². The zero-order chi connectivity index (χ0) is 14.1. The van der Waals surface area contributed by atoms with E-state index in [9.17, 15) is 4.79 Å². The zero-order valence-electron chi connectivity index (χ0n) is 12.0. The smallest absolute Gasteiger partial charge is 0.139 e. The molecule has 2 aromatic rings. The van der Waals surface area contributed by atoms with E-state index >= 15 is 0 Å². The van der Waals surface area contributed by atoms with Crippen molar-refractivity contribution in [1.29, 1.82) is 0 Å². The SMILES string of the molecule is C[C@@H]1C(=O)[C@@H](C)[C@H](c2ccccc2)[C@H]1c1ccccc1. The molecule has 1 nitrogen and oxygen atoms in total. The summed E-state index contributed by atoms with van der Waals surface area (Å²) >= 11 is 0. The fourth-order valence-corrected chi connectivity index (χ4v) is 3.73. The van der Waals surface area contributed by atoms with E-state index < -0.39 is 0 Å². The van der Waals surface area contributed by atoms with Gasteiger partial charge in [-0.25, -0.2) is 0 Å². The molecule has 102 valence electrons. The van der Waals surface area contributed by atoms with Crippen molar-refractivity contribution >= 4 is 5.78 Å². The minimum atomic E-state index is 0.0950. The van der Waals surface area contributed by atoms with Crippen LogP contribution < -0.4 is 0 Å². The molecular weight excluding hydrogens is 244 g/mol. The number of benzene rings is 2. The highest BCUT2D eigenvalue weighted by Crippen LogP contribution is 2.50. The maximum atomic E-state index is 12.5. The Morgan fingerprint density at radius 1 is 0.650 bits per heavy atom. The molecule has 1 aliphatic carbocycles. The van der Waals surface area contributed by atoms with Crippen LogP contribution in [0, 0.1) is 11.8 Å². The van der Waals surface area contributed by atoms with Gasteiger partial charge in [0.1, 0.15) is 5.78 Å². The lowest BCUT2D eigenvalue weighted by Gasteiger charge is -2.24. The topological polar surface area (TPSA) is 17.1 Å². The first-order valence-electron chi connectivity index (χ1n) is 7.33. The van der Waals surface area contributed by atoms with Crippen LogP contribution in [0.1, 0.15) is 36.8 Å². The number of carbonyl (C=O) groups excluding carboxylic acids is 1. The number of hydrogen-bond acceptors (Lipinski definition) is 1. The van der Waals surface area contributed by atoms with Gasteiger partial charge in [0.2, 0.25) is 0 Å². The summed E-state index contributed by atoms with van der Waals surface area (Å²) in [6, 6.07) is 21.0. The summed E-state index contributed by atoms with van der Waals surface area (Å²) in [5, 5.41) is 0. The van der Waals surface area contributed by atoms with Crippen LogP contribution in [-0.2, 0) is 4.79 Å². The zero-order valence-corrected chi connectivity index (χ0v) is 12.0. The molecule has 0 heterocycles. The molecule has 0 saturated heterocycles. The van der Waals surface area contributed by atoms with E-state index in [1.54, 1.807) is 0 Å². The average molecular weight is 264 g/mol. The predicted octanol–water partition coefficient (Wildman–Crippen LogP) is 4.41. The second kappa shape index (κ2) is 5.24. The molecule has 0 radical (unpaired) electrons. The van der Waals surface area contributed by atoms with Crippen LogP contribution in [0.5, 0.6) is 0 Å². The largest absolute Gasteiger partial charge is 0.299 e. The first-order valence-corrected chi connectivity index (χ1v) is 7.33. The van der Waals surface area contributed by atoms with E-state index in [-0.39, 0.29) is 11.8 Å². The quantitative estimate of drug-likeness (QED) is 0.785. The Balaban J connectivity index is 2.07. The van der Waals surface area contributed by atoms with Gasteiger partial charge in [0.05, 0.1) is 0 Å². The number of hydrogen-bond donors (Lipinski definition) is 0. The second-order valence-corrected chi connectivity index (χ2v) is 5.85. The highest BCUT2D eigenvalue weighted by atomic mass is 16.1. The minimum absolute atomic E-state index is 0.0950. The van der Waals surface area contributed by atoms with Gasteiger partial charge < -0.3 is 0 Å². The van der Waals surface area contributed by atoms with E-state index in [0.29, 0.717) is 17.6 Å². The molecule has 1 aliphatic rings. The molecule has 0 N–H and O–H groups in total. The lowest BCUT2D eigenvalue weighted by Crippen LogP contribution is -2.12. The van der Waals surface area contributed by atoms with Crippen LogP contribution in [-0.4, -0.2) is 5.78 Å². The van der Waals surface area contributed by atoms with Crippen molar-refractivity contribution in [2.75, 3.05) is 0 Å². The molecule has 2 aromatic carbocycles. The number of ketones is 1. The molecule has 3 rings (SSSR count). The van der Waals surface area contributed by atoms with Crippen molar-refractivity contribution in [2.24, 2.45) is 11.8 Å². The Morgan fingerprint density at radius 3 is 1.35 bits per heavy atom. The van der Waals surface area contributed by atoms with Gasteiger partial charge >= 0.3 is 0 Å². The Morgan fingerprint density at radius 2 is 1.00 bits per heavy atom. The molecule has 0 bridgehead atoms. The van der Waals surface area contributed by atoms with Gasteiger partial charge in [-0.15, -0.1) is 0 Å². The molecule has 0 aliphatic heterocycles. The van der Waals surface area contributed by atoms with E-state index in [2.05, 4.69) is 62.4 Å². The van der Waals surface area contributed by atoms with Gasteiger partial charge in [0, 0.05) is 23.7 Å². The number of rotatable bonds is 2. The third kappa shape index (κ3) is 2.07. The summed E-state index contributed by atoms with van der Waals surface area (Å²) in [5.41, 5.74) is 2.57. The van der Waals surface area contributed by atoms with Crippen LogP contribution >= 0.6 is 0 Å². The van der Waals surface area contributed by atoms with E-state index in [1.165, 1.54) is 11.1 Å². The van der Waals surface area contributed by atoms with Gasteiger partial charge in [0.25, 0.3) is 0 Å². The molecule has 1 fully saturated rings. The van der Waals surface area contributed by atoms with Crippen molar-refractivity contribution in [1.82, 2.24) is 0 Å².